The van der Waals surface area contributed by atoms with Gasteiger partial charge in [-0.25, -0.2) is 9.78 Å². The third-order valence-corrected chi connectivity index (χ3v) is 5.92. The van der Waals surface area contributed by atoms with Gasteiger partial charge >= 0.3 is 5.97 Å². The summed E-state index contributed by atoms with van der Waals surface area (Å²) < 4.78 is 18.9. The van der Waals surface area contributed by atoms with Crippen molar-refractivity contribution in [3.05, 3.63) is 89.5 Å². The lowest BCUT2D eigenvalue weighted by Gasteiger charge is -2.32. The molecule has 34 heavy (non-hydrogen) atoms. The van der Waals surface area contributed by atoms with Crippen LogP contribution in [0.4, 0.5) is 5.95 Å². The van der Waals surface area contributed by atoms with Crippen LogP contribution in [0.1, 0.15) is 24.1 Å². The fourth-order valence-corrected chi connectivity index (χ4v) is 4.44. The molecule has 172 valence electrons. The lowest BCUT2D eigenvalue weighted by atomic mass is 9.91. The summed E-state index contributed by atoms with van der Waals surface area (Å²) in [6.07, 6.45) is 0. The van der Waals surface area contributed by atoms with Gasteiger partial charge in [0.15, 0.2) is 0 Å². The van der Waals surface area contributed by atoms with E-state index >= 15 is 0 Å². The number of anilines is 1. The number of benzene rings is 3. The highest BCUT2D eigenvalue weighted by Crippen LogP contribution is 2.45. The third kappa shape index (κ3) is 3.55. The highest BCUT2D eigenvalue weighted by Gasteiger charge is 2.38. The van der Waals surface area contributed by atoms with E-state index in [0.29, 0.717) is 28.7 Å². The zero-order valence-electron chi connectivity index (χ0n) is 19.2. The summed E-state index contributed by atoms with van der Waals surface area (Å²) in [4.78, 5) is 18.4. The van der Waals surface area contributed by atoms with Gasteiger partial charge in [0.25, 0.3) is 0 Å². The maximum absolute atomic E-state index is 13.6. The van der Waals surface area contributed by atoms with Crippen molar-refractivity contribution in [3.63, 3.8) is 0 Å². The van der Waals surface area contributed by atoms with Gasteiger partial charge in [0.1, 0.15) is 17.5 Å². The molecule has 0 amide bonds. The Balaban J connectivity index is 1.88. The average molecular weight is 456 g/mol. The number of hydrogen-bond donors (Lipinski definition) is 1. The Morgan fingerprint density at radius 1 is 1.00 bits per heavy atom. The zero-order valence-corrected chi connectivity index (χ0v) is 19.2. The molecule has 5 rings (SSSR count). The standard InChI is InChI=1S/C27H25N3O4/c1-4-34-26(31)23-24(17-10-6-5-7-11-17)29-27-28-20-12-8-9-13-21(20)30(27)25(23)19-16-18(32-2)14-15-22(19)33-3/h5-16,25H,4H2,1-3H3,(H,28,29). The van der Waals surface area contributed by atoms with E-state index in [0.717, 1.165) is 22.2 Å². The van der Waals surface area contributed by atoms with Crippen LogP contribution in [0.15, 0.2) is 78.4 Å². The van der Waals surface area contributed by atoms with Crippen molar-refractivity contribution in [1.29, 1.82) is 0 Å². The van der Waals surface area contributed by atoms with Crippen LogP contribution in [0, 0.1) is 0 Å². The summed E-state index contributed by atoms with van der Waals surface area (Å²) >= 11 is 0. The number of aromatic nitrogens is 2. The van der Waals surface area contributed by atoms with Gasteiger partial charge in [0.2, 0.25) is 5.95 Å². The molecule has 0 radical (unpaired) electrons. The van der Waals surface area contributed by atoms with Crippen LogP contribution in [0.5, 0.6) is 11.5 Å². The van der Waals surface area contributed by atoms with Gasteiger partial charge in [-0.2, -0.15) is 0 Å². The van der Waals surface area contributed by atoms with Crippen molar-refractivity contribution in [2.75, 3.05) is 26.1 Å². The van der Waals surface area contributed by atoms with Crippen LogP contribution >= 0.6 is 0 Å². The third-order valence-electron chi connectivity index (χ3n) is 5.92. The maximum Gasteiger partial charge on any atom is 0.338 e. The molecule has 4 aromatic rings. The first-order valence-corrected chi connectivity index (χ1v) is 11.1. The molecule has 1 unspecified atom stereocenters. The lowest BCUT2D eigenvalue weighted by Crippen LogP contribution is -2.29. The van der Waals surface area contributed by atoms with Crippen molar-refractivity contribution in [1.82, 2.24) is 9.55 Å². The van der Waals surface area contributed by atoms with Crippen LogP contribution in [-0.4, -0.2) is 36.3 Å². The molecule has 0 saturated heterocycles. The quantitative estimate of drug-likeness (QED) is 0.411. The summed E-state index contributed by atoms with van der Waals surface area (Å²) in [7, 11) is 3.23. The first kappa shape index (κ1) is 21.6. The average Bonchev–Trinajstić information content (AvgIpc) is 3.26. The number of carbonyl (C=O) groups is 1. The molecule has 3 aromatic carbocycles. The Morgan fingerprint density at radius 3 is 2.50 bits per heavy atom. The number of nitrogens with one attached hydrogen (secondary N) is 1. The van der Waals surface area contributed by atoms with Gasteiger partial charge in [0.05, 0.1) is 43.1 Å². The van der Waals surface area contributed by atoms with E-state index < -0.39 is 12.0 Å². The number of imidazole rings is 1. The normalized spacial score (nSPS) is 15.0. The number of para-hydroxylation sites is 2. The minimum atomic E-state index is -0.567. The summed E-state index contributed by atoms with van der Waals surface area (Å²) in [5, 5.41) is 3.42. The van der Waals surface area contributed by atoms with Crippen LogP contribution in [0.3, 0.4) is 0 Å². The van der Waals surface area contributed by atoms with Crippen LogP contribution in [-0.2, 0) is 9.53 Å². The number of nitrogens with zero attached hydrogens (tertiary/aromatic N) is 2. The van der Waals surface area contributed by atoms with Gasteiger partial charge in [-0.1, -0.05) is 42.5 Å². The molecule has 1 aromatic heterocycles. The fourth-order valence-electron chi connectivity index (χ4n) is 4.44. The van der Waals surface area contributed by atoms with E-state index in [1.165, 1.54) is 0 Å². The van der Waals surface area contributed by atoms with Crippen molar-refractivity contribution < 1.29 is 19.0 Å². The van der Waals surface area contributed by atoms with Crippen molar-refractivity contribution in [2.24, 2.45) is 0 Å². The van der Waals surface area contributed by atoms with E-state index in [4.69, 9.17) is 19.2 Å². The topological polar surface area (TPSA) is 74.6 Å². The molecule has 0 saturated carbocycles. The zero-order chi connectivity index (χ0) is 23.7. The van der Waals surface area contributed by atoms with E-state index in [-0.39, 0.29) is 6.61 Å². The van der Waals surface area contributed by atoms with Crippen molar-refractivity contribution >= 4 is 28.6 Å². The largest absolute Gasteiger partial charge is 0.497 e. The van der Waals surface area contributed by atoms with Gasteiger partial charge in [0, 0.05) is 5.56 Å². The van der Waals surface area contributed by atoms with Gasteiger partial charge in [-0.3, -0.25) is 4.57 Å². The molecule has 1 atom stereocenters. The van der Waals surface area contributed by atoms with Crippen molar-refractivity contribution in [2.45, 2.75) is 13.0 Å². The minimum Gasteiger partial charge on any atom is -0.497 e. The highest BCUT2D eigenvalue weighted by molar-refractivity contribution is 6.03. The second-order valence-electron chi connectivity index (χ2n) is 7.80. The lowest BCUT2D eigenvalue weighted by molar-refractivity contribution is -0.138. The Kier molecular flexibility index (Phi) is 5.67. The number of esters is 1. The van der Waals surface area contributed by atoms with E-state index in [1.54, 1.807) is 21.1 Å². The minimum absolute atomic E-state index is 0.254. The van der Waals surface area contributed by atoms with E-state index in [2.05, 4.69) is 5.32 Å². The molecule has 1 aliphatic rings. The molecular formula is C27H25N3O4. The predicted octanol–water partition coefficient (Wildman–Crippen LogP) is 5.04. The number of hydrogen-bond acceptors (Lipinski definition) is 6. The molecule has 1 N–H and O–H groups in total. The number of methoxy groups -OCH3 is 2. The first-order chi connectivity index (χ1) is 16.7. The number of fused-ring (bicyclic) bond motifs is 3. The first-order valence-electron chi connectivity index (χ1n) is 11.1. The molecule has 7 nitrogen and oxygen atoms in total. The Morgan fingerprint density at radius 2 is 1.76 bits per heavy atom. The molecule has 0 aliphatic carbocycles. The summed E-state index contributed by atoms with van der Waals surface area (Å²) in [6.45, 7) is 2.06. The van der Waals surface area contributed by atoms with Gasteiger partial charge in [-0.15, -0.1) is 0 Å². The van der Waals surface area contributed by atoms with Gasteiger partial charge < -0.3 is 19.5 Å². The number of ether oxygens (including phenoxy) is 3. The molecule has 7 heteroatoms. The second kappa shape index (κ2) is 8.94. The molecular weight excluding hydrogens is 430 g/mol. The number of carbonyl (C=O) groups excluding carboxylic acids is 1. The Labute approximate surface area is 197 Å². The smallest absolute Gasteiger partial charge is 0.338 e. The molecule has 0 bridgehead atoms. The maximum atomic E-state index is 13.6. The monoisotopic (exact) mass is 455 g/mol. The highest BCUT2D eigenvalue weighted by atomic mass is 16.5. The summed E-state index contributed by atoms with van der Waals surface area (Å²) in [5.41, 5.74) is 4.44. The second-order valence-corrected chi connectivity index (χ2v) is 7.80. The fraction of sp³-hybridized carbons (Fsp3) is 0.185. The van der Waals surface area contributed by atoms with E-state index in [1.807, 2.05) is 77.4 Å². The van der Waals surface area contributed by atoms with Gasteiger partial charge in [-0.05, 0) is 42.8 Å². The SMILES string of the molecule is CCOC(=O)C1=C(c2ccccc2)Nc2nc3ccccc3n2C1c1cc(OC)ccc1OC. The van der Waals surface area contributed by atoms with Crippen molar-refractivity contribution in [3.8, 4) is 11.5 Å². The molecule has 0 spiro atoms. The summed E-state index contributed by atoms with van der Waals surface area (Å²) in [5.74, 6) is 1.51. The van der Waals surface area contributed by atoms with E-state index in [9.17, 15) is 4.79 Å². The predicted molar refractivity (Wildman–Crippen MR) is 131 cm³/mol. The molecule has 0 fully saturated rings. The van der Waals surface area contributed by atoms with Crippen LogP contribution in [0.2, 0.25) is 0 Å². The molecule has 2 heterocycles. The number of rotatable bonds is 6. The molecule has 1 aliphatic heterocycles. The Hall–Kier alpha value is -4.26. The Bertz CT molecular complexity index is 1390. The van der Waals surface area contributed by atoms with Crippen LogP contribution < -0.4 is 14.8 Å². The summed E-state index contributed by atoms with van der Waals surface area (Å²) in [6, 6.07) is 22.6. The van der Waals surface area contributed by atoms with Crippen LogP contribution in [0.25, 0.3) is 16.7 Å².